The Bertz CT molecular complexity index is 618. The van der Waals surface area contributed by atoms with Gasteiger partial charge in [0.25, 0.3) is 5.91 Å². The molecule has 1 aliphatic heterocycles. The fraction of sp³-hybridized carbons (Fsp3) is 0.333. The van der Waals surface area contributed by atoms with E-state index in [1.807, 2.05) is 4.90 Å². The van der Waals surface area contributed by atoms with E-state index in [9.17, 15) is 9.18 Å². The largest absolute Gasteiger partial charge is 0.336 e. The Balaban J connectivity index is 1.77. The lowest BCUT2D eigenvalue weighted by Crippen LogP contribution is -2.34. The molecule has 0 bridgehead atoms. The van der Waals surface area contributed by atoms with E-state index in [1.165, 1.54) is 23.5 Å². The number of halogens is 1. The number of benzene rings is 1. The van der Waals surface area contributed by atoms with Crippen LogP contribution in [-0.4, -0.2) is 42.0 Å². The molecule has 4 nitrogen and oxygen atoms in total. The number of thiazole rings is 1. The van der Waals surface area contributed by atoms with Gasteiger partial charge in [-0.25, -0.2) is 9.37 Å². The average Bonchev–Trinajstić information content (AvgIpc) is 2.83. The summed E-state index contributed by atoms with van der Waals surface area (Å²) in [4.78, 5) is 18.7. The summed E-state index contributed by atoms with van der Waals surface area (Å²) >= 11 is 1.41. The van der Waals surface area contributed by atoms with Crippen molar-refractivity contribution in [3.63, 3.8) is 0 Å². The average molecular weight is 305 g/mol. The molecule has 0 saturated carbocycles. The van der Waals surface area contributed by atoms with Crippen LogP contribution >= 0.6 is 11.3 Å². The molecule has 1 saturated heterocycles. The van der Waals surface area contributed by atoms with Crippen LogP contribution < -0.4 is 5.32 Å². The van der Waals surface area contributed by atoms with Crippen molar-refractivity contribution < 1.29 is 9.18 Å². The highest BCUT2D eigenvalue weighted by atomic mass is 32.1. The maximum atomic E-state index is 12.9. The molecule has 1 amide bonds. The second-order valence-corrected chi connectivity index (χ2v) is 5.80. The molecule has 1 aliphatic rings. The first-order valence-corrected chi connectivity index (χ1v) is 7.83. The van der Waals surface area contributed by atoms with Gasteiger partial charge in [-0.2, -0.15) is 0 Å². The Morgan fingerprint density at radius 3 is 2.86 bits per heavy atom. The Morgan fingerprint density at radius 2 is 2.05 bits per heavy atom. The predicted octanol–water partition coefficient (Wildman–Crippen LogP) is 2.38. The number of hydrogen-bond donors (Lipinski definition) is 1. The van der Waals surface area contributed by atoms with Crippen LogP contribution in [0.1, 0.15) is 16.9 Å². The summed E-state index contributed by atoms with van der Waals surface area (Å²) < 4.78 is 12.9. The minimum absolute atomic E-state index is 0.0247. The first-order chi connectivity index (χ1) is 10.2. The smallest absolute Gasteiger partial charge is 0.273 e. The van der Waals surface area contributed by atoms with Crippen LogP contribution in [0.5, 0.6) is 0 Å². The molecule has 110 valence electrons. The number of rotatable bonds is 2. The zero-order valence-corrected chi connectivity index (χ0v) is 12.3. The van der Waals surface area contributed by atoms with Gasteiger partial charge in [-0.15, -0.1) is 11.3 Å². The lowest BCUT2D eigenvalue weighted by Gasteiger charge is -2.18. The third-order valence-corrected chi connectivity index (χ3v) is 4.33. The third-order valence-electron chi connectivity index (χ3n) is 3.44. The van der Waals surface area contributed by atoms with E-state index in [4.69, 9.17) is 0 Å². The van der Waals surface area contributed by atoms with Gasteiger partial charge >= 0.3 is 0 Å². The molecular weight excluding hydrogens is 289 g/mol. The van der Waals surface area contributed by atoms with Crippen LogP contribution in [0.3, 0.4) is 0 Å². The number of nitrogens with zero attached hydrogens (tertiary/aromatic N) is 2. The second-order valence-electron chi connectivity index (χ2n) is 4.94. The van der Waals surface area contributed by atoms with Gasteiger partial charge in [0.05, 0.1) is 0 Å². The van der Waals surface area contributed by atoms with Crippen molar-refractivity contribution in [3.8, 4) is 10.6 Å². The lowest BCUT2D eigenvalue weighted by atomic mass is 10.2. The summed E-state index contributed by atoms with van der Waals surface area (Å²) in [7, 11) is 0. The Hall–Kier alpha value is -1.79. The molecule has 3 rings (SSSR count). The third kappa shape index (κ3) is 3.28. The highest BCUT2D eigenvalue weighted by Crippen LogP contribution is 2.24. The van der Waals surface area contributed by atoms with E-state index in [1.54, 1.807) is 17.5 Å². The van der Waals surface area contributed by atoms with Gasteiger partial charge in [-0.05, 0) is 37.2 Å². The van der Waals surface area contributed by atoms with E-state index < -0.39 is 0 Å². The van der Waals surface area contributed by atoms with Crippen molar-refractivity contribution in [1.29, 1.82) is 0 Å². The normalized spacial score (nSPS) is 15.8. The molecule has 21 heavy (non-hydrogen) atoms. The molecule has 6 heteroatoms. The zero-order valence-electron chi connectivity index (χ0n) is 11.5. The van der Waals surface area contributed by atoms with Gasteiger partial charge in [0.2, 0.25) is 0 Å². The molecule has 1 aromatic carbocycles. The highest BCUT2D eigenvalue weighted by Gasteiger charge is 2.20. The lowest BCUT2D eigenvalue weighted by molar-refractivity contribution is 0.0761. The van der Waals surface area contributed by atoms with Crippen LogP contribution in [0.2, 0.25) is 0 Å². The SMILES string of the molecule is O=C(c1csc(-c2ccc(F)cc2)n1)N1CCCNCC1. The van der Waals surface area contributed by atoms with Gasteiger partial charge in [-0.1, -0.05) is 0 Å². The number of nitrogens with one attached hydrogen (secondary N) is 1. The molecule has 1 aromatic heterocycles. The summed E-state index contributed by atoms with van der Waals surface area (Å²) in [6.07, 6.45) is 0.959. The minimum Gasteiger partial charge on any atom is -0.336 e. The summed E-state index contributed by atoms with van der Waals surface area (Å²) in [5, 5.41) is 5.79. The van der Waals surface area contributed by atoms with Crippen molar-refractivity contribution in [2.75, 3.05) is 26.2 Å². The van der Waals surface area contributed by atoms with Crippen molar-refractivity contribution in [3.05, 3.63) is 41.2 Å². The van der Waals surface area contributed by atoms with Gasteiger partial charge in [0.1, 0.15) is 16.5 Å². The number of hydrogen-bond acceptors (Lipinski definition) is 4. The number of amides is 1. The van der Waals surface area contributed by atoms with Gasteiger partial charge in [-0.3, -0.25) is 4.79 Å². The standard InChI is InChI=1S/C15H16FN3OS/c16-12-4-2-11(3-5-12)14-18-13(10-21-14)15(20)19-8-1-6-17-7-9-19/h2-5,10,17H,1,6-9H2. The van der Waals surface area contributed by atoms with Gasteiger partial charge in [0.15, 0.2) is 0 Å². The number of carbonyl (C=O) groups is 1. The number of carbonyl (C=O) groups excluding carboxylic acids is 1. The molecule has 0 radical (unpaired) electrons. The summed E-state index contributed by atoms with van der Waals surface area (Å²) in [6.45, 7) is 3.24. The van der Waals surface area contributed by atoms with E-state index in [0.29, 0.717) is 12.2 Å². The van der Waals surface area contributed by atoms with E-state index in [-0.39, 0.29) is 11.7 Å². The van der Waals surface area contributed by atoms with E-state index >= 15 is 0 Å². The molecule has 0 unspecified atom stereocenters. The second kappa shape index (κ2) is 6.32. The van der Waals surface area contributed by atoms with Crippen LogP contribution in [0.15, 0.2) is 29.6 Å². The quantitative estimate of drug-likeness (QED) is 0.926. The topological polar surface area (TPSA) is 45.2 Å². The first kappa shape index (κ1) is 14.2. The van der Waals surface area contributed by atoms with Crippen LogP contribution in [0, 0.1) is 5.82 Å². The van der Waals surface area contributed by atoms with Crippen LogP contribution in [-0.2, 0) is 0 Å². The highest BCUT2D eigenvalue weighted by molar-refractivity contribution is 7.13. The van der Waals surface area contributed by atoms with Crippen molar-refractivity contribution >= 4 is 17.2 Å². The van der Waals surface area contributed by atoms with Crippen molar-refractivity contribution in [2.45, 2.75) is 6.42 Å². The monoisotopic (exact) mass is 305 g/mol. The molecule has 1 fully saturated rings. The maximum Gasteiger partial charge on any atom is 0.273 e. The Labute approximate surface area is 126 Å². The number of aromatic nitrogens is 1. The zero-order chi connectivity index (χ0) is 14.7. The first-order valence-electron chi connectivity index (χ1n) is 6.95. The molecular formula is C15H16FN3OS. The molecule has 1 N–H and O–H groups in total. The van der Waals surface area contributed by atoms with Crippen LogP contribution in [0.4, 0.5) is 4.39 Å². The van der Waals surface area contributed by atoms with Gasteiger partial charge < -0.3 is 10.2 Å². The Kier molecular flexibility index (Phi) is 4.26. The molecule has 2 heterocycles. The maximum absolute atomic E-state index is 12.9. The van der Waals surface area contributed by atoms with E-state index in [0.717, 1.165) is 36.6 Å². The Morgan fingerprint density at radius 1 is 1.24 bits per heavy atom. The van der Waals surface area contributed by atoms with Crippen molar-refractivity contribution in [2.24, 2.45) is 0 Å². The van der Waals surface area contributed by atoms with Crippen LogP contribution in [0.25, 0.3) is 10.6 Å². The molecule has 0 aliphatic carbocycles. The molecule has 0 spiro atoms. The van der Waals surface area contributed by atoms with Crippen molar-refractivity contribution in [1.82, 2.24) is 15.2 Å². The van der Waals surface area contributed by atoms with E-state index in [2.05, 4.69) is 10.3 Å². The summed E-state index contributed by atoms with van der Waals surface area (Å²) in [5.74, 6) is -0.299. The fourth-order valence-electron chi connectivity index (χ4n) is 2.31. The fourth-order valence-corrected chi connectivity index (χ4v) is 3.11. The summed E-state index contributed by atoms with van der Waals surface area (Å²) in [5.41, 5.74) is 1.30. The summed E-state index contributed by atoms with van der Waals surface area (Å²) in [6, 6.07) is 6.16. The molecule has 0 atom stereocenters. The molecule has 2 aromatic rings. The predicted molar refractivity (Wildman–Crippen MR) is 80.9 cm³/mol. The minimum atomic E-state index is -0.274. The van der Waals surface area contributed by atoms with Gasteiger partial charge in [0, 0.05) is 30.6 Å².